The van der Waals surface area contributed by atoms with Crippen LogP contribution in [0.15, 0.2) is 30.6 Å². The smallest absolute Gasteiger partial charge is 0.314 e. The average Bonchev–Trinajstić information content (AvgIpc) is 3.14. The van der Waals surface area contributed by atoms with Crippen LogP contribution in [0.25, 0.3) is 11.0 Å². The first-order valence-electron chi connectivity index (χ1n) is 7.02. The first-order valence-corrected chi connectivity index (χ1v) is 7.02. The van der Waals surface area contributed by atoms with Crippen LogP contribution in [-0.2, 0) is 16.1 Å². The quantitative estimate of drug-likeness (QED) is 0.595. The molecular weight excluding hydrogens is 298 g/mol. The molecule has 3 aromatic heterocycles. The zero-order chi connectivity index (χ0) is 16.2. The number of pyridine rings is 1. The van der Waals surface area contributed by atoms with Crippen LogP contribution in [0.5, 0.6) is 0 Å². The zero-order valence-corrected chi connectivity index (χ0v) is 12.4. The highest BCUT2D eigenvalue weighted by molar-refractivity contribution is 6.40. The highest BCUT2D eigenvalue weighted by atomic mass is 16.2. The van der Waals surface area contributed by atoms with Crippen molar-refractivity contribution in [3.05, 3.63) is 36.3 Å². The summed E-state index contributed by atoms with van der Waals surface area (Å²) in [5, 5.41) is 16.4. The fourth-order valence-corrected chi connectivity index (χ4v) is 2.10. The second-order valence-electron chi connectivity index (χ2n) is 4.88. The minimum atomic E-state index is -0.767. The molecule has 0 unspecified atom stereocenters. The highest BCUT2D eigenvalue weighted by Gasteiger charge is 2.16. The maximum absolute atomic E-state index is 11.9. The number of nitrogens with zero attached hydrogens (tertiary/aromatic N) is 4. The minimum Gasteiger partial charge on any atom is -0.346 e. The third-order valence-electron chi connectivity index (χ3n) is 3.31. The van der Waals surface area contributed by atoms with E-state index in [4.69, 9.17) is 0 Å². The number of aromatic amines is 1. The van der Waals surface area contributed by atoms with E-state index in [1.807, 2.05) is 13.0 Å². The summed E-state index contributed by atoms with van der Waals surface area (Å²) in [6.45, 7) is 2.72. The summed E-state index contributed by atoms with van der Waals surface area (Å²) in [6.07, 6.45) is 3.28. The lowest BCUT2D eigenvalue weighted by molar-refractivity contribution is -0.136. The Labute approximate surface area is 131 Å². The number of aromatic nitrogens is 5. The Morgan fingerprint density at radius 1 is 1.26 bits per heavy atom. The predicted octanol–water partition coefficient (Wildman–Crippen LogP) is 0.218. The Kier molecular flexibility index (Phi) is 4.00. The molecule has 0 fully saturated rings. The molecule has 0 aliphatic carbocycles. The molecule has 0 atom stereocenters. The lowest BCUT2D eigenvalue weighted by atomic mass is 10.3. The number of hydrogen-bond acceptors (Lipinski definition) is 5. The van der Waals surface area contributed by atoms with Crippen LogP contribution in [0.1, 0.15) is 5.69 Å². The van der Waals surface area contributed by atoms with Gasteiger partial charge in [0.25, 0.3) is 0 Å². The fourth-order valence-electron chi connectivity index (χ4n) is 2.10. The third kappa shape index (κ3) is 3.18. The molecule has 9 heteroatoms. The molecule has 3 rings (SSSR count). The van der Waals surface area contributed by atoms with Crippen molar-refractivity contribution < 1.29 is 9.59 Å². The summed E-state index contributed by atoms with van der Waals surface area (Å²) < 4.78 is 1.74. The molecule has 3 N–H and O–H groups in total. The number of H-pyrrole nitrogens is 1. The van der Waals surface area contributed by atoms with Gasteiger partial charge < -0.3 is 10.6 Å². The van der Waals surface area contributed by atoms with Crippen LogP contribution < -0.4 is 10.6 Å². The van der Waals surface area contributed by atoms with Gasteiger partial charge in [0.05, 0.1) is 11.9 Å². The molecule has 0 aliphatic rings. The van der Waals surface area contributed by atoms with E-state index >= 15 is 0 Å². The van der Waals surface area contributed by atoms with Crippen molar-refractivity contribution in [1.29, 1.82) is 0 Å². The SMILES string of the molecule is Cc1ccnn1CCNC(=O)C(=O)Nc1[nH]nc2ncccc12. The van der Waals surface area contributed by atoms with Gasteiger partial charge in [-0.05, 0) is 25.1 Å². The van der Waals surface area contributed by atoms with Gasteiger partial charge in [0.1, 0.15) is 5.82 Å². The lowest BCUT2D eigenvalue weighted by Crippen LogP contribution is -2.37. The van der Waals surface area contributed by atoms with Crippen LogP contribution in [0, 0.1) is 6.92 Å². The van der Waals surface area contributed by atoms with E-state index < -0.39 is 11.8 Å². The van der Waals surface area contributed by atoms with Gasteiger partial charge in [0, 0.05) is 24.6 Å². The van der Waals surface area contributed by atoms with E-state index in [-0.39, 0.29) is 0 Å². The van der Waals surface area contributed by atoms with E-state index in [9.17, 15) is 9.59 Å². The van der Waals surface area contributed by atoms with Crippen molar-refractivity contribution in [2.24, 2.45) is 0 Å². The van der Waals surface area contributed by atoms with Crippen molar-refractivity contribution in [3.8, 4) is 0 Å². The van der Waals surface area contributed by atoms with Crippen LogP contribution >= 0.6 is 0 Å². The van der Waals surface area contributed by atoms with Gasteiger partial charge in [-0.3, -0.25) is 19.4 Å². The molecular formula is C14H15N7O2. The highest BCUT2D eigenvalue weighted by Crippen LogP contribution is 2.17. The van der Waals surface area contributed by atoms with Crippen LogP contribution in [0.3, 0.4) is 0 Å². The number of carbonyl (C=O) groups excluding carboxylic acids is 2. The predicted molar refractivity (Wildman–Crippen MR) is 82.5 cm³/mol. The Morgan fingerprint density at radius 2 is 2.13 bits per heavy atom. The maximum Gasteiger partial charge on any atom is 0.314 e. The first kappa shape index (κ1) is 14.7. The zero-order valence-electron chi connectivity index (χ0n) is 12.4. The summed E-state index contributed by atoms with van der Waals surface area (Å²) in [5.41, 5.74) is 1.46. The number of fused-ring (bicyclic) bond motifs is 1. The van der Waals surface area contributed by atoms with Gasteiger partial charge in [-0.1, -0.05) is 0 Å². The topological polar surface area (TPSA) is 118 Å². The van der Waals surface area contributed by atoms with Crippen molar-refractivity contribution in [2.75, 3.05) is 11.9 Å². The second-order valence-corrected chi connectivity index (χ2v) is 4.88. The summed E-state index contributed by atoms with van der Waals surface area (Å²) >= 11 is 0. The second kappa shape index (κ2) is 6.26. The van der Waals surface area contributed by atoms with Crippen LogP contribution in [0.4, 0.5) is 5.82 Å². The summed E-state index contributed by atoms with van der Waals surface area (Å²) in [7, 11) is 0. The van der Waals surface area contributed by atoms with Crippen molar-refractivity contribution in [2.45, 2.75) is 13.5 Å². The molecule has 3 heterocycles. The monoisotopic (exact) mass is 313 g/mol. The van der Waals surface area contributed by atoms with E-state index in [2.05, 4.69) is 30.9 Å². The molecule has 0 saturated carbocycles. The fraction of sp³-hybridized carbons (Fsp3) is 0.214. The summed E-state index contributed by atoms with van der Waals surface area (Å²) in [6, 6.07) is 5.34. The number of nitrogens with one attached hydrogen (secondary N) is 3. The van der Waals surface area contributed by atoms with Gasteiger partial charge in [0.2, 0.25) is 0 Å². The molecule has 0 aromatic carbocycles. The Hall–Kier alpha value is -3.23. The van der Waals surface area contributed by atoms with Crippen molar-refractivity contribution in [1.82, 2.24) is 30.3 Å². The normalized spacial score (nSPS) is 10.7. The van der Waals surface area contributed by atoms with Crippen LogP contribution in [-0.4, -0.2) is 43.3 Å². The number of aryl methyl sites for hydroxylation is 1. The minimum absolute atomic E-state index is 0.306. The van der Waals surface area contributed by atoms with Gasteiger partial charge in [-0.15, -0.1) is 0 Å². The molecule has 23 heavy (non-hydrogen) atoms. The molecule has 0 radical (unpaired) electrons. The Bertz CT molecular complexity index is 852. The standard InChI is InChI=1S/C14H15N7O2/c1-9-4-6-17-21(9)8-7-16-13(22)14(23)18-12-10-3-2-5-15-11(10)19-20-12/h2-6H,7-8H2,1H3,(H,16,22)(H2,15,18,19,20,23). The summed E-state index contributed by atoms with van der Waals surface area (Å²) in [5.74, 6) is -1.14. The molecule has 0 saturated heterocycles. The van der Waals surface area contributed by atoms with Gasteiger partial charge in [0.15, 0.2) is 5.65 Å². The average molecular weight is 313 g/mol. The molecule has 118 valence electrons. The molecule has 0 aliphatic heterocycles. The number of rotatable bonds is 4. The number of hydrogen-bond donors (Lipinski definition) is 3. The number of amides is 2. The Balaban J connectivity index is 1.55. The molecule has 0 bridgehead atoms. The van der Waals surface area contributed by atoms with Gasteiger partial charge in [-0.2, -0.15) is 10.2 Å². The first-order chi connectivity index (χ1) is 11.1. The molecule has 9 nitrogen and oxygen atoms in total. The van der Waals surface area contributed by atoms with Crippen LogP contribution in [0.2, 0.25) is 0 Å². The van der Waals surface area contributed by atoms with E-state index in [1.165, 1.54) is 0 Å². The third-order valence-corrected chi connectivity index (χ3v) is 3.31. The largest absolute Gasteiger partial charge is 0.346 e. The van der Waals surface area contributed by atoms with Crippen molar-refractivity contribution in [3.63, 3.8) is 0 Å². The summed E-state index contributed by atoms with van der Waals surface area (Å²) in [4.78, 5) is 27.8. The molecule has 2 amide bonds. The van der Waals surface area contributed by atoms with E-state index in [0.29, 0.717) is 29.9 Å². The Morgan fingerprint density at radius 3 is 2.91 bits per heavy atom. The molecule has 3 aromatic rings. The lowest BCUT2D eigenvalue weighted by Gasteiger charge is -2.07. The van der Waals surface area contributed by atoms with Crippen molar-refractivity contribution >= 4 is 28.7 Å². The number of carbonyl (C=O) groups is 2. The van der Waals surface area contributed by atoms with E-state index in [1.54, 1.807) is 29.2 Å². The number of anilines is 1. The van der Waals surface area contributed by atoms with Gasteiger partial charge in [-0.25, -0.2) is 4.98 Å². The van der Waals surface area contributed by atoms with E-state index in [0.717, 1.165) is 5.69 Å². The molecule has 0 spiro atoms. The maximum atomic E-state index is 11.9. The van der Waals surface area contributed by atoms with Gasteiger partial charge >= 0.3 is 11.8 Å².